The van der Waals surface area contributed by atoms with Crippen LogP contribution in [0.4, 0.5) is 34.5 Å². The van der Waals surface area contributed by atoms with Crippen molar-refractivity contribution in [1.82, 2.24) is 15.0 Å². The Morgan fingerprint density at radius 2 is 1.93 bits per heavy atom. The first-order chi connectivity index (χ1) is 13.2. The predicted octanol–water partition coefficient (Wildman–Crippen LogP) is 4.92. The minimum Gasteiger partial charge on any atom is -0.389 e. The fraction of sp³-hybridized carbons (Fsp3) is 0.176. The molecule has 3 aromatic heterocycles. The number of carbonyl (C=O) groups is 1. The molecule has 3 rings (SSSR count). The number of carbonyl (C=O) groups excluding carboxylic acids is 1. The van der Waals surface area contributed by atoms with Gasteiger partial charge in [-0.05, 0) is 37.6 Å². The highest BCUT2D eigenvalue weighted by atomic mass is 32.1. The Balaban J connectivity index is 1.76. The van der Waals surface area contributed by atoms with Crippen LogP contribution in [-0.2, 0) is 6.18 Å². The zero-order valence-electron chi connectivity index (χ0n) is 14.7. The summed E-state index contributed by atoms with van der Waals surface area (Å²) < 4.78 is 43.0. The Morgan fingerprint density at radius 1 is 1.14 bits per heavy atom. The molecule has 0 aromatic carbocycles. The van der Waals surface area contributed by atoms with Crippen LogP contribution in [0.25, 0.3) is 0 Å². The van der Waals surface area contributed by atoms with Crippen LogP contribution in [-0.4, -0.2) is 21.0 Å². The van der Waals surface area contributed by atoms with Gasteiger partial charge in [-0.2, -0.15) is 13.2 Å². The predicted molar refractivity (Wildman–Crippen MR) is 98.0 cm³/mol. The topological polar surface area (TPSA) is 89.0 Å². The van der Waals surface area contributed by atoms with Crippen molar-refractivity contribution in [2.75, 3.05) is 10.6 Å². The lowest BCUT2D eigenvalue weighted by atomic mass is 10.2. The molecule has 3 heterocycles. The number of ether oxygens (including phenoxy) is 1. The van der Waals surface area contributed by atoms with E-state index in [0.29, 0.717) is 28.4 Å². The van der Waals surface area contributed by atoms with E-state index in [1.807, 2.05) is 6.92 Å². The summed E-state index contributed by atoms with van der Waals surface area (Å²) in [6, 6.07) is 5.19. The number of aromatic nitrogens is 3. The largest absolute Gasteiger partial charge is 0.434 e. The molecular formula is C17H14F3N5O2S. The number of hydrogen-bond donors (Lipinski definition) is 2. The van der Waals surface area contributed by atoms with Gasteiger partial charge in [0.1, 0.15) is 5.69 Å². The smallest absolute Gasteiger partial charge is 0.389 e. The summed E-state index contributed by atoms with van der Waals surface area (Å²) in [7, 11) is 0. The van der Waals surface area contributed by atoms with Gasteiger partial charge in [0.25, 0.3) is 0 Å². The van der Waals surface area contributed by atoms with Crippen LogP contribution in [0, 0.1) is 13.8 Å². The summed E-state index contributed by atoms with van der Waals surface area (Å²) in [6.45, 7) is 3.58. The molecule has 0 saturated heterocycles. The van der Waals surface area contributed by atoms with Gasteiger partial charge >= 0.3 is 12.3 Å². The number of thiazole rings is 1. The van der Waals surface area contributed by atoms with Gasteiger partial charge < -0.3 is 10.1 Å². The molecule has 0 spiro atoms. The summed E-state index contributed by atoms with van der Waals surface area (Å²) >= 11 is 0.640. The lowest BCUT2D eigenvalue weighted by Gasteiger charge is -2.13. The Labute approximate surface area is 161 Å². The van der Waals surface area contributed by atoms with Crippen LogP contribution in [0.3, 0.4) is 0 Å². The Bertz CT molecular complexity index is 1010. The summed E-state index contributed by atoms with van der Waals surface area (Å²) in [5.74, 6) is -0.0339. The first-order valence-corrected chi connectivity index (χ1v) is 8.77. The molecule has 0 radical (unpaired) electrons. The van der Waals surface area contributed by atoms with Gasteiger partial charge in [0.05, 0.1) is 11.9 Å². The van der Waals surface area contributed by atoms with Gasteiger partial charge in [0.2, 0.25) is 5.88 Å². The Morgan fingerprint density at radius 3 is 2.61 bits per heavy atom. The minimum atomic E-state index is -4.59. The van der Waals surface area contributed by atoms with E-state index in [4.69, 9.17) is 4.74 Å². The van der Waals surface area contributed by atoms with Crippen molar-refractivity contribution < 1.29 is 22.7 Å². The van der Waals surface area contributed by atoms with Gasteiger partial charge in [-0.1, -0.05) is 0 Å². The van der Waals surface area contributed by atoms with Crippen LogP contribution in [0.15, 0.2) is 36.0 Å². The molecule has 0 bridgehead atoms. The Kier molecular flexibility index (Phi) is 5.45. The van der Waals surface area contributed by atoms with Gasteiger partial charge in [-0.3, -0.25) is 10.3 Å². The molecule has 11 heteroatoms. The van der Waals surface area contributed by atoms with E-state index in [-0.39, 0.29) is 11.0 Å². The molecule has 1 amide bonds. The zero-order valence-corrected chi connectivity index (χ0v) is 15.5. The van der Waals surface area contributed by atoms with E-state index in [9.17, 15) is 18.0 Å². The Hall–Kier alpha value is -3.21. The number of rotatable bonds is 4. The van der Waals surface area contributed by atoms with Crippen molar-refractivity contribution in [3.63, 3.8) is 0 Å². The van der Waals surface area contributed by atoms with Crippen molar-refractivity contribution in [3.8, 4) is 5.88 Å². The van der Waals surface area contributed by atoms with Crippen LogP contribution < -0.4 is 15.4 Å². The number of nitrogens with zero attached hydrogens (tertiary/aromatic N) is 3. The molecule has 0 aliphatic heterocycles. The molecule has 146 valence electrons. The highest BCUT2D eigenvalue weighted by Gasteiger charge is 2.34. The third kappa shape index (κ3) is 4.74. The normalized spacial score (nSPS) is 11.2. The molecule has 0 fully saturated rings. The van der Waals surface area contributed by atoms with Crippen molar-refractivity contribution in [1.29, 1.82) is 0 Å². The quantitative estimate of drug-likeness (QED) is 0.636. The number of nitrogens with one attached hydrogen (secondary N) is 2. The third-order valence-corrected chi connectivity index (χ3v) is 4.26. The van der Waals surface area contributed by atoms with Crippen molar-refractivity contribution in [3.05, 3.63) is 52.9 Å². The second-order valence-corrected chi connectivity index (χ2v) is 6.53. The van der Waals surface area contributed by atoms with Crippen LogP contribution in [0.5, 0.6) is 5.88 Å². The molecule has 3 aromatic rings. The van der Waals surface area contributed by atoms with E-state index in [1.54, 1.807) is 37.5 Å². The molecular weight excluding hydrogens is 395 g/mol. The van der Waals surface area contributed by atoms with E-state index < -0.39 is 18.0 Å². The number of halogens is 3. The van der Waals surface area contributed by atoms with Gasteiger partial charge in [-0.25, -0.2) is 14.8 Å². The fourth-order valence-corrected chi connectivity index (χ4v) is 2.81. The van der Waals surface area contributed by atoms with Crippen molar-refractivity contribution in [2.45, 2.75) is 20.0 Å². The maximum absolute atomic E-state index is 12.6. The van der Waals surface area contributed by atoms with E-state index >= 15 is 0 Å². The van der Waals surface area contributed by atoms with Gasteiger partial charge in [0, 0.05) is 17.3 Å². The van der Waals surface area contributed by atoms with Crippen LogP contribution in [0.1, 0.15) is 17.0 Å². The molecule has 0 atom stereocenters. The first-order valence-electron chi connectivity index (χ1n) is 7.89. The lowest BCUT2D eigenvalue weighted by Crippen LogP contribution is -2.18. The summed E-state index contributed by atoms with van der Waals surface area (Å²) in [5, 5.41) is 5.81. The number of amides is 1. The standard InChI is InChI=1S/C17H14F3N5O2S/c1-9-5-6-21-7-12(9)23-11-4-3-10(2)22-14(11)27-16(26)25-15-24-13(8-28-15)17(18,19)20/h3-8,23H,1-2H3,(H,24,25,26). The number of aryl methyl sites for hydroxylation is 2. The first kappa shape index (κ1) is 19.5. The highest BCUT2D eigenvalue weighted by molar-refractivity contribution is 7.13. The minimum absolute atomic E-state index is 0.0339. The van der Waals surface area contributed by atoms with Gasteiger partial charge in [-0.15, -0.1) is 11.3 Å². The molecule has 28 heavy (non-hydrogen) atoms. The summed E-state index contributed by atoms with van der Waals surface area (Å²) in [5.41, 5.74) is 1.49. The molecule has 7 nitrogen and oxygen atoms in total. The van der Waals surface area contributed by atoms with Crippen LogP contribution >= 0.6 is 11.3 Å². The monoisotopic (exact) mass is 409 g/mol. The number of pyridine rings is 2. The van der Waals surface area contributed by atoms with E-state index in [2.05, 4.69) is 25.6 Å². The summed E-state index contributed by atoms with van der Waals surface area (Å²) in [4.78, 5) is 23.6. The second kappa shape index (κ2) is 7.80. The maximum Gasteiger partial charge on any atom is 0.434 e. The maximum atomic E-state index is 12.6. The fourth-order valence-electron chi connectivity index (χ4n) is 2.11. The lowest BCUT2D eigenvalue weighted by molar-refractivity contribution is -0.140. The van der Waals surface area contributed by atoms with E-state index in [0.717, 1.165) is 10.9 Å². The molecule has 0 aliphatic carbocycles. The number of anilines is 3. The SMILES string of the molecule is Cc1ccc(Nc2cnccc2C)c(OC(=O)Nc2nc(C(F)(F)F)cs2)n1. The number of alkyl halides is 3. The van der Waals surface area contributed by atoms with Crippen molar-refractivity contribution in [2.24, 2.45) is 0 Å². The molecule has 2 N–H and O–H groups in total. The van der Waals surface area contributed by atoms with Gasteiger partial charge in [0.15, 0.2) is 10.8 Å². The highest BCUT2D eigenvalue weighted by Crippen LogP contribution is 2.32. The third-order valence-electron chi connectivity index (χ3n) is 3.50. The second-order valence-electron chi connectivity index (χ2n) is 5.67. The molecule has 0 saturated carbocycles. The summed E-state index contributed by atoms with van der Waals surface area (Å²) in [6.07, 6.45) is -2.35. The zero-order chi connectivity index (χ0) is 20.3. The average Bonchev–Trinajstić information content (AvgIpc) is 3.08. The van der Waals surface area contributed by atoms with Crippen molar-refractivity contribution >= 4 is 33.9 Å². The van der Waals surface area contributed by atoms with Crippen LogP contribution in [0.2, 0.25) is 0 Å². The van der Waals surface area contributed by atoms with E-state index in [1.165, 1.54) is 0 Å². The molecule has 0 unspecified atom stereocenters. The average molecular weight is 409 g/mol. The molecule has 0 aliphatic rings. The number of hydrogen-bond acceptors (Lipinski definition) is 7.